The molecule has 37 heavy (non-hydrogen) atoms. The molecule has 3 rings (SSSR count). The summed E-state index contributed by atoms with van der Waals surface area (Å²) in [5.74, 6) is 0.311. The van der Waals surface area contributed by atoms with Crippen LogP contribution < -0.4 is 14.4 Å². The lowest BCUT2D eigenvalue weighted by Gasteiger charge is -2.30. The van der Waals surface area contributed by atoms with Gasteiger partial charge in [0.1, 0.15) is 11.8 Å². The number of para-hydroxylation sites is 1. The highest BCUT2D eigenvalue weighted by Crippen LogP contribution is 2.23. The number of benzene rings is 2. The van der Waals surface area contributed by atoms with Gasteiger partial charge in [0, 0.05) is 25.6 Å². The molecule has 1 saturated carbocycles. The Bertz CT molecular complexity index is 1180. The topological polar surface area (TPSA) is 96.0 Å². The molecule has 0 saturated heterocycles. The van der Waals surface area contributed by atoms with Crippen LogP contribution >= 0.6 is 0 Å². The van der Waals surface area contributed by atoms with Crippen molar-refractivity contribution in [2.45, 2.75) is 71.0 Å². The van der Waals surface area contributed by atoms with E-state index in [1.165, 1.54) is 10.6 Å². The van der Waals surface area contributed by atoms with Gasteiger partial charge in [-0.05, 0) is 62.4 Å². The largest absolute Gasteiger partial charge is 0.497 e. The second-order valence-corrected chi connectivity index (χ2v) is 11.7. The van der Waals surface area contributed by atoms with Crippen LogP contribution in [-0.2, 0) is 26.2 Å². The van der Waals surface area contributed by atoms with Gasteiger partial charge < -0.3 is 15.0 Å². The highest BCUT2D eigenvalue weighted by Gasteiger charge is 2.29. The third-order valence-corrected chi connectivity index (χ3v) is 8.07. The predicted octanol–water partition coefficient (Wildman–Crippen LogP) is 4.03. The number of nitrogens with zero attached hydrogens (tertiary/aromatic N) is 2. The zero-order valence-corrected chi connectivity index (χ0v) is 23.1. The van der Waals surface area contributed by atoms with E-state index in [2.05, 4.69) is 5.32 Å². The van der Waals surface area contributed by atoms with Crippen LogP contribution in [0.25, 0.3) is 0 Å². The Balaban J connectivity index is 1.74. The summed E-state index contributed by atoms with van der Waals surface area (Å²) in [5.41, 5.74) is 2.30. The molecule has 1 N–H and O–H groups in total. The first-order chi connectivity index (χ1) is 17.6. The van der Waals surface area contributed by atoms with Crippen molar-refractivity contribution in [2.24, 2.45) is 0 Å². The highest BCUT2D eigenvalue weighted by atomic mass is 32.2. The molecule has 1 aliphatic rings. The van der Waals surface area contributed by atoms with Gasteiger partial charge in [-0.2, -0.15) is 0 Å². The number of amides is 2. The summed E-state index contributed by atoms with van der Waals surface area (Å²) in [7, 11) is -1.94. The minimum absolute atomic E-state index is 0.114. The van der Waals surface area contributed by atoms with E-state index >= 15 is 0 Å². The van der Waals surface area contributed by atoms with Crippen molar-refractivity contribution < 1.29 is 22.7 Å². The van der Waals surface area contributed by atoms with Gasteiger partial charge in [0.25, 0.3) is 0 Å². The molecule has 2 aromatic carbocycles. The van der Waals surface area contributed by atoms with Gasteiger partial charge in [0.15, 0.2) is 0 Å². The van der Waals surface area contributed by atoms with Crippen LogP contribution in [0.2, 0.25) is 0 Å². The van der Waals surface area contributed by atoms with Gasteiger partial charge in [-0.15, -0.1) is 0 Å². The molecular weight excluding hydrogens is 490 g/mol. The van der Waals surface area contributed by atoms with E-state index in [-0.39, 0.29) is 37.4 Å². The quantitative estimate of drug-likeness (QED) is 0.448. The van der Waals surface area contributed by atoms with Crippen molar-refractivity contribution in [1.29, 1.82) is 0 Å². The van der Waals surface area contributed by atoms with E-state index in [1.54, 1.807) is 31.1 Å². The zero-order valence-electron chi connectivity index (χ0n) is 22.3. The molecule has 2 aromatic rings. The number of methoxy groups -OCH3 is 1. The van der Waals surface area contributed by atoms with E-state index in [0.717, 1.165) is 36.8 Å². The number of aryl methyl sites for hydroxylation is 1. The van der Waals surface area contributed by atoms with Crippen LogP contribution in [0.3, 0.4) is 0 Å². The number of rotatable bonds is 12. The van der Waals surface area contributed by atoms with E-state index in [1.807, 2.05) is 43.3 Å². The third kappa shape index (κ3) is 7.95. The molecule has 1 fully saturated rings. The van der Waals surface area contributed by atoms with Crippen LogP contribution in [0, 0.1) is 6.92 Å². The summed E-state index contributed by atoms with van der Waals surface area (Å²) in [6.07, 6.45) is 5.73. The Hall–Kier alpha value is -3.07. The SMILES string of the molecule is COc1cccc(CN(C(=O)CCCN(c2ccccc2C)S(C)(=O)=O)[C@H](C)C(=O)NC2CCCC2)c1. The van der Waals surface area contributed by atoms with Crippen LogP contribution in [0.4, 0.5) is 5.69 Å². The summed E-state index contributed by atoms with van der Waals surface area (Å²) in [6, 6.07) is 14.2. The average Bonchev–Trinajstić information content (AvgIpc) is 3.37. The fraction of sp³-hybridized carbons (Fsp3) is 0.500. The van der Waals surface area contributed by atoms with Crippen molar-refractivity contribution in [3.05, 3.63) is 59.7 Å². The molecule has 0 heterocycles. The van der Waals surface area contributed by atoms with Crippen molar-refractivity contribution in [3.8, 4) is 5.75 Å². The lowest BCUT2D eigenvalue weighted by Crippen LogP contribution is -2.49. The van der Waals surface area contributed by atoms with Crippen LogP contribution in [0.5, 0.6) is 5.75 Å². The first-order valence-electron chi connectivity index (χ1n) is 12.9. The third-order valence-electron chi connectivity index (χ3n) is 6.89. The van der Waals surface area contributed by atoms with Crippen LogP contribution in [0.15, 0.2) is 48.5 Å². The molecule has 8 nitrogen and oxygen atoms in total. The van der Waals surface area contributed by atoms with Gasteiger partial charge in [-0.1, -0.05) is 43.2 Å². The van der Waals surface area contributed by atoms with Gasteiger partial charge in [-0.3, -0.25) is 13.9 Å². The number of hydrogen-bond donors (Lipinski definition) is 1. The van der Waals surface area contributed by atoms with Gasteiger partial charge in [0.05, 0.1) is 19.1 Å². The number of carbonyl (C=O) groups is 2. The lowest BCUT2D eigenvalue weighted by atomic mass is 10.1. The standard InChI is InChI=1S/C28H39N3O5S/c1-21-11-5-8-16-26(21)31(37(4,34)35)18-10-17-27(32)30(20-23-12-9-15-25(19-23)36-3)22(2)28(33)29-24-13-6-7-14-24/h5,8-9,11-12,15-16,19,22,24H,6-7,10,13-14,17-18,20H2,1-4H3,(H,29,33)/t22-/m1/s1. The molecular formula is C28H39N3O5S. The maximum absolute atomic E-state index is 13.5. The smallest absolute Gasteiger partial charge is 0.242 e. The number of carbonyl (C=O) groups excluding carboxylic acids is 2. The monoisotopic (exact) mass is 529 g/mol. The second-order valence-electron chi connectivity index (χ2n) is 9.76. The maximum Gasteiger partial charge on any atom is 0.242 e. The van der Waals surface area contributed by atoms with E-state index < -0.39 is 16.1 Å². The minimum atomic E-state index is -3.53. The fourth-order valence-corrected chi connectivity index (χ4v) is 5.79. The van der Waals surface area contributed by atoms with Crippen molar-refractivity contribution >= 4 is 27.5 Å². The zero-order chi connectivity index (χ0) is 27.0. The summed E-state index contributed by atoms with van der Waals surface area (Å²) < 4.78 is 31.7. The molecule has 0 unspecified atom stereocenters. The normalized spacial score (nSPS) is 14.7. The second kappa shape index (κ2) is 12.9. The predicted molar refractivity (Wildman–Crippen MR) is 146 cm³/mol. The Kier molecular flexibility index (Phi) is 9.97. The molecule has 0 spiro atoms. The molecule has 1 aliphatic carbocycles. The first-order valence-corrected chi connectivity index (χ1v) is 14.7. The molecule has 202 valence electrons. The number of nitrogens with one attached hydrogen (secondary N) is 1. The number of anilines is 1. The van der Waals surface area contributed by atoms with Crippen molar-refractivity contribution in [2.75, 3.05) is 24.2 Å². The molecule has 0 aromatic heterocycles. The number of hydrogen-bond acceptors (Lipinski definition) is 5. The number of sulfonamides is 1. The van der Waals surface area contributed by atoms with Gasteiger partial charge in [-0.25, -0.2) is 8.42 Å². The van der Waals surface area contributed by atoms with E-state index in [9.17, 15) is 18.0 Å². The minimum Gasteiger partial charge on any atom is -0.497 e. The summed E-state index contributed by atoms with van der Waals surface area (Å²) in [5, 5.41) is 3.10. The maximum atomic E-state index is 13.5. The Morgan fingerprint density at radius 1 is 1.11 bits per heavy atom. The van der Waals surface area contributed by atoms with Crippen molar-refractivity contribution in [3.63, 3.8) is 0 Å². The summed E-state index contributed by atoms with van der Waals surface area (Å²) in [6.45, 7) is 4.03. The molecule has 1 atom stereocenters. The molecule has 0 aliphatic heterocycles. The number of ether oxygens (including phenoxy) is 1. The summed E-state index contributed by atoms with van der Waals surface area (Å²) >= 11 is 0. The summed E-state index contributed by atoms with van der Waals surface area (Å²) in [4.78, 5) is 28.1. The molecule has 9 heteroatoms. The Morgan fingerprint density at radius 2 is 1.81 bits per heavy atom. The highest BCUT2D eigenvalue weighted by molar-refractivity contribution is 7.92. The van der Waals surface area contributed by atoms with Gasteiger partial charge >= 0.3 is 0 Å². The van der Waals surface area contributed by atoms with E-state index in [4.69, 9.17) is 4.74 Å². The Labute approximate surface area is 221 Å². The molecule has 0 radical (unpaired) electrons. The Morgan fingerprint density at radius 3 is 2.46 bits per heavy atom. The van der Waals surface area contributed by atoms with Gasteiger partial charge in [0.2, 0.25) is 21.8 Å². The lowest BCUT2D eigenvalue weighted by molar-refractivity contribution is -0.141. The average molecular weight is 530 g/mol. The van der Waals surface area contributed by atoms with Crippen molar-refractivity contribution in [1.82, 2.24) is 10.2 Å². The fourth-order valence-electron chi connectivity index (χ4n) is 4.77. The first kappa shape index (κ1) is 28.5. The molecule has 2 amide bonds. The van der Waals surface area contributed by atoms with Crippen LogP contribution in [-0.4, -0.2) is 57.1 Å². The van der Waals surface area contributed by atoms with Crippen LogP contribution in [0.1, 0.15) is 56.6 Å². The molecule has 0 bridgehead atoms. The van der Waals surface area contributed by atoms with E-state index in [0.29, 0.717) is 17.9 Å².